The van der Waals surface area contributed by atoms with Crippen LogP contribution in [0.3, 0.4) is 0 Å². The molecule has 0 aromatic heterocycles. The molecule has 3 N–H and O–H groups in total. The first-order valence-electron chi connectivity index (χ1n) is 5.72. The van der Waals surface area contributed by atoms with Gasteiger partial charge in [-0.25, -0.2) is 0 Å². The molecule has 0 fully saturated rings. The number of fused-ring (bicyclic) bond motifs is 1. The normalized spacial score (nSPS) is 24.4. The molecule has 0 aliphatic carbocycles. The summed E-state index contributed by atoms with van der Waals surface area (Å²) in [6.45, 7) is 6.04. The van der Waals surface area contributed by atoms with Gasteiger partial charge in [0.1, 0.15) is 17.9 Å². The summed E-state index contributed by atoms with van der Waals surface area (Å²) in [5.74, 6) is 0.476. The summed E-state index contributed by atoms with van der Waals surface area (Å²) in [6, 6.07) is 6.71. The number of amides is 1. The predicted molar refractivity (Wildman–Crippen MR) is 66.9 cm³/mol. The fourth-order valence-electron chi connectivity index (χ4n) is 1.95. The van der Waals surface area contributed by atoms with E-state index in [0.29, 0.717) is 11.4 Å². The van der Waals surface area contributed by atoms with Gasteiger partial charge < -0.3 is 15.8 Å². The Morgan fingerprint density at radius 2 is 1.94 bits per heavy atom. The van der Waals surface area contributed by atoms with Crippen LogP contribution < -0.4 is 15.8 Å². The molecule has 4 heteroatoms. The molecule has 1 heterocycles. The Balaban J connectivity index is 2.42. The van der Waals surface area contributed by atoms with Crippen LogP contribution in [0.2, 0.25) is 0 Å². The van der Waals surface area contributed by atoms with Crippen LogP contribution in [0.5, 0.6) is 5.75 Å². The Morgan fingerprint density at radius 3 is 2.59 bits per heavy atom. The van der Waals surface area contributed by atoms with Gasteiger partial charge in [-0.2, -0.15) is 0 Å². The van der Waals surface area contributed by atoms with Gasteiger partial charge in [0.25, 0.3) is 0 Å². The second-order valence-electron chi connectivity index (χ2n) is 5.42. The van der Waals surface area contributed by atoms with Crippen LogP contribution in [0.25, 0.3) is 0 Å². The number of carbonyl (C=O) groups is 1. The lowest BCUT2D eigenvalue weighted by atomic mass is 9.84. The van der Waals surface area contributed by atoms with Gasteiger partial charge in [0, 0.05) is 5.41 Å². The summed E-state index contributed by atoms with van der Waals surface area (Å²) < 4.78 is 5.90. The minimum atomic E-state index is -0.664. The molecule has 1 aromatic carbocycles. The zero-order valence-corrected chi connectivity index (χ0v) is 10.4. The smallest absolute Gasteiger partial charge is 0.245 e. The summed E-state index contributed by atoms with van der Waals surface area (Å²) in [4.78, 5) is 11.9. The Bertz CT molecular complexity index is 437. The fourth-order valence-corrected chi connectivity index (χ4v) is 1.95. The monoisotopic (exact) mass is 234 g/mol. The van der Waals surface area contributed by atoms with Gasteiger partial charge in [0.2, 0.25) is 5.91 Å². The summed E-state index contributed by atoms with van der Waals surface area (Å²) in [6.07, 6.45) is -0.342. The number of hydrogen-bond donors (Lipinski definition) is 2. The molecular weight excluding hydrogens is 216 g/mol. The highest BCUT2D eigenvalue weighted by Crippen LogP contribution is 2.33. The average molecular weight is 234 g/mol. The molecule has 2 rings (SSSR count). The lowest BCUT2D eigenvalue weighted by Crippen LogP contribution is -2.52. The van der Waals surface area contributed by atoms with E-state index in [9.17, 15) is 4.79 Å². The molecule has 1 aliphatic rings. The maximum Gasteiger partial charge on any atom is 0.245 e. The van der Waals surface area contributed by atoms with E-state index >= 15 is 0 Å². The summed E-state index contributed by atoms with van der Waals surface area (Å²) in [5, 5.41) is 2.79. The lowest BCUT2D eigenvalue weighted by molar-refractivity contribution is -0.120. The third-order valence-corrected chi connectivity index (χ3v) is 2.88. The number of nitrogens with one attached hydrogen (secondary N) is 1. The number of benzene rings is 1. The summed E-state index contributed by atoms with van der Waals surface area (Å²) in [7, 11) is 0. The van der Waals surface area contributed by atoms with E-state index in [1.165, 1.54) is 0 Å². The molecule has 1 aliphatic heterocycles. The van der Waals surface area contributed by atoms with Crippen LogP contribution >= 0.6 is 0 Å². The van der Waals surface area contributed by atoms with Crippen molar-refractivity contribution in [3.63, 3.8) is 0 Å². The maximum absolute atomic E-state index is 11.9. The molecule has 1 unspecified atom stereocenters. The van der Waals surface area contributed by atoms with E-state index in [2.05, 4.69) is 5.32 Å². The van der Waals surface area contributed by atoms with Gasteiger partial charge in [-0.1, -0.05) is 32.9 Å². The quantitative estimate of drug-likeness (QED) is 0.719. The van der Waals surface area contributed by atoms with Crippen LogP contribution in [0.1, 0.15) is 20.8 Å². The number of para-hydroxylation sites is 2. The van der Waals surface area contributed by atoms with Crippen molar-refractivity contribution < 1.29 is 9.53 Å². The number of rotatable bonds is 0. The number of carbonyl (C=O) groups excluding carboxylic acids is 1. The number of ether oxygens (including phenoxy) is 1. The van der Waals surface area contributed by atoms with Crippen LogP contribution in [0, 0.1) is 5.41 Å². The molecule has 0 saturated carbocycles. The SMILES string of the molecule is CC(C)(C)C1Oc2ccccc2NC(=O)[C@H]1N. The van der Waals surface area contributed by atoms with Crippen molar-refractivity contribution in [2.24, 2.45) is 11.1 Å². The Morgan fingerprint density at radius 1 is 1.29 bits per heavy atom. The Kier molecular flexibility index (Phi) is 2.83. The fraction of sp³-hybridized carbons (Fsp3) is 0.462. The predicted octanol–water partition coefficient (Wildman–Crippen LogP) is 1.76. The Labute approximate surface area is 101 Å². The van der Waals surface area contributed by atoms with Gasteiger partial charge in [-0.15, -0.1) is 0 Å². The highest BCUT2D eigenvalue weighted by atomic mass is 16.5. The molecule has 0 radical (unpaired) electrons. The lowest BCUT2D eigenvalue weighted by Gasteiger charge is -2.32. The first-order chi connectivity index (χ1) is 7.89. The van der Waals surface area contributed by atoms with E-state index in [1.54, 1.807) is 0 Å². The zero-order chi connectivity index (χ0) is 12.6. The molecule has 2 atom stereocenters. The second-order valence-corrected chi connectivity index (χ2v) is 5.42. The van der Waals surface area contributed by atoms with Gasteiger partial charge in [0.05, 0.1) is 5.69 Å². The number of anilines is 1. The number of nitrogens with two attached hydrogens (primary N) is 1. The van der Waals surface area contributed by atoms with Crippen LogP contribution in [0.4, 0.5) is 5.69 Å². The van der Waals surface area contributed by atoms with Gasteiger partial charge in [0.15, 0.2) is 0 Å². The molecular formula is C13H18N2O2. The second kappa shape index (κ2) is 4.04. The third kappa shape index (κ3) is 2.26. The standard InChI is InChI=1S/C13H18N2O2/c1-13(2,3)11-10(14)12(16)15-8-6-4-5-7-9(8)17-11/h4-7,10-11H,14H2,1-3H3,(H,15,16)/t10-,11?/m0/s1. The van der Waals surface area contributed by atoms with Crippen molar-refractivity contribution in [3.8, 4) is 5.75 Å². The van der Waals surface area contributed by atoms with Crippen molar-refractivity contribution in [1.82, 2.24) is 0 Å². The van der Waals surface area contributed by atoms with Crippen molar-refractivity contribution in [1.29, 1.82) is 0 Å². The highest BCUT2D eigenvalue weighted by Gasteiger charge is 2.38. The topological polar surface area (TPSA) is 64.3 Å². The van der Waals surface area contributed by atoms with Crippen molar-refractivity contribution in [3.05, 3.63) is 24.3 Å². The third-order valence-electron chi connectivity index (χ3n) is 2.88. The van der Waals surface area contributed by atoms with E-state index in [-0.39, 0.29) is 17.4 Å². The van der Waals surface area contributed by atoms with E-state index in [4.69, 9.17) is 10.5 Å². The highest BCUT2D eigenvalue weighted by molar-refractivity contribution is 5.97. The van der Waals surface area contributed by atoms with Crippen molar-refractivity contribution in [2.45, 2.75) is 32.9 Å². The van der Waals surface area contributed by atoms with E-state index < -0.39 is 6.04 Å². The summed E-state index contributed by atoms with van der Waals surface area (Å²) >= 11 is 0. The molecule has 1 aromatic rings. The van der Waals surface area contributed by atoms with Gasteiger partial charge >= 0.3 is 0 Å². The van der Waals surface area contributed by atoms with Gasteiger partial charge in [-0.3, -0.25) is 4.79 Å². The van der Waals surface area contributed by atoms with Crippen LogP contribution in [-0.2, 0) is 4.79 Å². The molecule has 0 bridgehead atoms. The molecule has 0 spiro atoms. The zero-order valence-electron chi connectivity index (χ0n) is 10.4. The first kappa shape index (κ1) is 11.9. The van der Waals surface area contributed by atoms with E-state index in [1.807, 2.05) is 45.0 Å². The molecule has 4 nitrogen and oxygen atoms in total. The number of hydrogen-bond acceptors (Lipinski definition) is 3. The average Bonchev–Trinajstić information content (AvgIpc) is 2.36. The Hall–Kier alpha value is -1.55. The van der Waals surface area contributed by atoms with Crippen LogP contribution in [0.15, 0.2) is 24.3 Å². The molecule has 0 saturated heterocycles. The van der Waals surface area contributed by atoms with Crippen LogP contribution in [-0.4, -0.2) is 18.1 Å². The maximum atomic E-state index is 11.9. The van der Waals surface area contributed by atoms with E-state index in [0.717, 1.165) is 0 Å². The minimum absolute atomic E-state index is 0.199. The molecule has 92 valence electrons. The molecule has 17 heavy (non-hydrogen) atoms. The molecule has 1 amide bonds. The summed E-state index contributed by atoms with van der Waals surface area (Å²) in [5.41, 5.74) is 6.43. The van der Waals surface area contributed by atoms with Gasteiger partial charge in [-0.05, 0) is 12.1 Å². The van der Waals surface area contributed by atoms with Crippen molar-refractivity contribution >= 4 is 11.6 Å². The van der Waals surface area contributed by atoms with Crippen molar-refractivity contribution in [2.75, 3.05) is 5.32 Å². The largest absolute Gasteiger partial charge is 0.486 e. The minimum Gasteiger partial charge on any atom is -0.486 e. The first-order valence-corrected chi connectivity index (χ1v) is 5.72.